The van der Waals surface area contributed by atoms with Gasteiger partial charge in [0, 0.05) is 18.3 Å². The lowest BCUT2D eigenvalue weighted by molar-refractivity contribution is 0.0808. The van der Waals surface area contributed by atoms with Crippen LogP contribution in [0, 0.1) is 0 Å². The minimum atomic E-state index is -0.417. The first-order chi connectivity index (χ1) is 11.2. The molecule has 3 rings (SSSR count). The Kier molecular flexibility index (Phi) is 4.95. The van der Waals surface area contributed by atoms with E-state index in [9.17, 15) is 5.11 Å². The number of rotatable bonds is 6. The van der Waals surface area contributed by atoms with E-state index in [0.29, 0.717) is 13.2 Å². The molecule has 0 amide bonds. The average molecular weight is 317 g/mol. The van der Waals surface area contributed by atoms with Crippen LogP contribution in [0.5, 0.6) is 5.75 Å². The van der Waals surface area contributed by atoms with Crippen molar-refractivity contribution in [2.24, 2.45) is 0 Å². The number of aliphatic hydroxyl groups is 1. The fourth-order valence-corrected chi connectivity index (χ4v) is 2.97. The van der Waals surface area contributed by atoms with Crippen molar-refractivity contribution < 1.29 is 14.6 Å². The van der Waals surface area contributed by atoms with Crippen LogP contribution in [-0.4, -0.2) is 58.8 Å². The van der Waals surface area contributed by atoms with Crippen LogP contribution in [0.2, 0.25) is 0 Å². The third kappa shape index (κ3) is 3.39. The molecule has 1 N–H and O–H groups in total. The third-order valence-corrected chi connectivity index (χ3v) is 4.25. The Morgan fingerprint density at radius 2 is 2.22 bits per heavy atom. The number of hydrogen-bond acceptors (Lipinski definition) is 5. The summed E-state index contributed by atoms with van der Waals surface area (Å²) in [4.78, 5) is 2.22. The van der Waals surface area contributed by atoms with Gasteiger partial charge in [0.05, 0.1) is 38.7 Å². The van der Waals surface area contributed by atoms with Gasteiger partial charge in [0.15, 0.2) is 0 Å². The molecule has 0 saturated carbocycles. The van der Waals surface area contributed by atoms with Gasteiger partial charge in [-0.1, -0.05) is 19.1 Å². The molecule has 23 heavy (non-hydrogen) atoms. The summed E-state index contributed by atoms with van der Waals surface area (Å²) in [5, 5.41) is 14.5. The predicted molar refractivity (Wildman–Crippen MR) is 86.8 cm³/mol. The molecule has 1 aliphatic rings. The number of aliphatic hydroxyl groups excluding tert-OH is 1. The number of ether oxygens (including phenoxy) is 2. The second-order valence-corrected chi connectivity index (χ2v) is 5.70. The molecular formula is C17H23N3O3. The van der Waals surface area contributed by atoms with Crippen molar-refractivity contribution in [1.29, 1.82) is 0 Å². The van der Waals surface area contributed by atoms with E-state index >= 15 is 0 Å². The van der Waals surface area contributed by atoms with E-state index in [1.54, 1.807) is 7.11 Å². The second-order valence-electron chi connectivity index (χ2n) is 5.70. The molecule has 2 heterocycles. The molecule has 1 fully saturated rings. The topological polar surface area (TPSA) is 59.8 Å². The molecule has 0 aliphatic carbocycles. The molecule has 0 unspecified atom stereocenters. The molecule has 6 nitrogen and oxygen atoms in total. The van der Waals surface area contributed by atoms with Gasteiger partial charge in [0.2, 0.25) is 0 Å². The number of para-hydroxylation sites is 2. The van der Waals surface area contributed by atoms with Crippen molar-refractivity contribution in [1.82, 2.24) is 14.7 Å². The highest BCUT2D eigenvalue weighted by atomic mass is 16.5. The molecule has 0 spiro atoms. The van der Waals surface area contributed by atoms with E-state index in [0.717, 1.165) is 30.1 Å². The lowest BCUT2D eigenvalue weighted by atomic mass is 10.1. The van der Waals surface area contributed by atoms with Crippen molar-refractivity contribution in [3.8, 4) is 11.4 Å². The van der Waals surface area contributed by atoms with Crippen LogP contribution in [0.15, 0.2) is 36.7 Å². The molecule has 6 heteroatoms. The van der Waals surface area contributed by atoms with Crippen LogP contribution in [-0.2, 0) is 11.3 Å². The zero-order valence-electron chi connectivity index (χ0n) is 13.6. The van der Waals surface area contributed by atoms with E-state index in [1.807, 2.05) is 41.3 Å². The van der Waals surface area contributed by atoms with Crippen LogP contribution >= 0.6 is 0 Å². The minimum Gasteiger partial charge on any atom is -0.494 e. The van der Waals surface area contributed by atoms with E-state index in [4.69, 9.17) is 9.47 Å². The summed E-state index contributed by atoms with van der Waals surface area (Å²) in [5.74, 6) is 0.786. The highest BCUT2D eigenvalue weighted by Crippen LogP contribution is 2.22. The molecule has 1 aromatic heterocycles. The van der Waals surface area contributed by atoms with Crippen LogP contribution in [0.3, 0.4) is 0 Å². The zero-order chi connectivity index (χ0) is 16.2. The standard InChI is InChI=1S/C17H23N3O3/c1-3-19(15-11-23-12-16(15)21)9-13-8-18-20(10-13)14-6-4-5-7-17(14)22-2/h4-8,10,15-16,21H,3,9,11-12H2,1-2H3/t15-,16-/m1/s1. The molecular weight excluding hydrogens is 294 g/mol. The van der Waals surface area contributed by atoms with Crippen molar-refractivity contribution in [2.75, 3.05) is 26.9 Å². The first-order valence-electron chi connectivity index (χ1n) is 7.89. The van der Waals surface area contributed by atoms with Gasteiger partial charge in [-0.05, 0) is 18.7 Å². The lowest BCUT2D eigenvalue weighted by Crippen LogP contribution is -2.42. The fraction of sp³-hybridized carbons (Fsp3) is 0.471. The SMILES string of the molecule is CCN(Cc1cnn(-c2ccccc2OC)c1)[C@@H]1COC[C@H]1O. The number of methoxy groups -OCH3 is 1. The van der Waals surface area contributed by atoms with E-state index in [2.05, 4.69) is 16.9 Å². The van der Waals surface area contributed by atoms with E-state index < -0.39 is 6.10 Å². The predicted octanol–water partition coefficient (Wildman–Crippen LogP) is 1.46. The van der Waals surface area contributed by atoms with Crippen molar-refractivity contribution >= 4 is 0 Å². The summed E-state index contributed by atoms with van der Waals surface area (Å²) in [6.45, 7) is 4.68. The van der Waals surface area contributed by atoms with Gasteiger partial charge < -0.3 is 14.6 Å². The molecule has 1 saturated heterocycles. The maximum atomic E-state index is 10.0. The fourth-order valence-electron chi connectivity index (χ4n) is 2.97. The average Bonchev–Trinajstić information content (AvgIpc) is 3.21. The molecule has 0 radical (unpaired) electrons. The Balaban J connectivity index is 1.76. The smallest absolute Gasteiger partial charge is 0.144 e. The number of likely N-dealkylation sites (N-methyl/N-ethyl adjacent to an activating group) is 1. The first kappa shape index (κ1) is 16.0. The van der Waals surface area contributed by atoms with E-state index in [-0.39, 0.29) is 6.04 Å². The Morgan fingerprint density at radius 3 is 2.91 bits per heavy atom. The molecule has 2 atom stereocenters. The Morgan fingerprint density at radius 1 is 1.39 bits per heavy atom. The highest BCUT2D eigenvalue weighted by molar-refractivity contribution is 5.46. The summed E-state index contributed by atoms with van der Waals surface area (Å²) in [6, 6.07) is 7.84. The number of nitrogens with zero attached hydrogens (tertiary/aromatic N) is 3. The number of benzene rings is 1. The minimum absolute atomic E-state index is 0.0506. The normalized spacial score (nSPS) is 21.0. The first-order valence-corrected chi connectivity index (χ1v) is 7.89. The molecule has 1 aliphatic heterocycles. The number of hydrogen-bond donors (Lipinski definition) is 1. The lowest BCUT2D eigenvalue weighted by Gasteiger charge is -2.27. The maximum absolute atomic E-state index is 10.0. The summed E-state index contributed by atoms with van der Waals surface area (Å²) in [7, 11) is 1.66. The summed E-state index contributed by atoms with van der Waals surface area (Å²) in [5.41, 5.74) is 2.00. The third-order valence-electron chi connectivity index (χ3n) is 4.25. The monoisotopic (exact) mass is 317 g/mol. The Labute approximate surface area is 136 Å². The molecule has 1 aromatic carbocycles. The van der Waals surface area contributed by atoms with Gasteiger partial charge in [-0.3, -0.25) is 4.90 Å². The van der Waals surface area contributed by atoms with Gasteiger partial charge in [-0.2, -0.15) is 5.10 Å². The van der Waals surface area contributed by atoms with Crippen molar-refractivity contribution in [3.05, 3.63) is 42.2 Å². The maximum Gasteiger partial charge on any atom is 0.144 e. The van der Waals surface area contributed by atoms with Crippen LogP contribution in [0.1, 0.15) is 12.5 Å². The van der Waals surface area contributed by atoms with Crippen LogP contribution in [0.25, 0.3) is 5.69 Å². The van der Waals surface area contributed by atoms with Gasteiger partial charge in [-0.25, -0.2) is 4.68 Å². The van der Waals surface area contributed by atoms with Crippen LogP contribution < -0.4 is 4.74 Å². The molecule has 2 aromatic rings. The van der Waals surface area contributed by atoms with E-state index in [1.165, 1.54) is 0 Å². The summed E-state index contributed by atoms with van der Waals surface area (Å²) < 4.78 is 12.6. The zero-order valence-corrected chi connectivity index (χ0v) is 13.6. The van der Waals surface area contributed by atoms with Crippen molar-refractivity contribution in [3.63, 3.8) is 0 Å². The molecule has 0 bridgehead atoms. The van der Waals surface area contributed by atoms with Gasteiger partial charge in [0.25, 0.3) is 0 Å². The summed E-state index contributed by atoms with van der Waals surface area (Å²) in [6.07, 6.45) is 3.44. The van der Waals surface area contributed by atoms with Gasteiger partial charge in [-0.15, -0.1) is 0 Å². The quantitative estimate of drug-likeness (QED) is 0.874. The summed E-state index contributed by atoms with van der Waals surface area (Å²) >= 11 is 0. The number of aromatic nitrogens is 2. The van der Waals surface area contributed by atoms with Gasteiger partial charge >= 0.3 is 0 Å². The van der Waals surface area contributed by atoms with Gasteiger partial charge in [0.1, 0.15) is 11.4 Å². The molecule has 124 valence electrons. The second kappa shape index (κ2) is 7.12. The van der Waals surface area contributed by atoms with Crippen LogP contribution in [0.4, 0.5) is 0 Å². The Bertz CT molecular complexity index is 644. The van der Waals surface area contributed by atoms with Crippen molar-refractivity contribution in [2.45, 2.75) is 25.6 Å². The Hall–Kier alpha value is -1.89. The highest BCUT2D eigenvalue weighted by Gasteiger charge is 2.31. The largest absolute Gasteiger partial charge is 0.494 e.